The highest BCUT2D eigenvalue weighted by Crippen LogP contribution is 2.42. The number of benzene rings is 2. The molecule has 7 nitrogen and oxygen atoms in total. The van der Waals surface area contributed by atoms with Gasteiger partial charge in [-0.3, -0.25) is 14.9 Å². The molecule has 0 atom stereocenters. The number of fused-ring (bicyclic) bond motifs is 1. The number of nitro benzene ring substituents is 1. The van der Waals surface area contributed by atoms with Crippen molar-refractivity contribution in [2.75, 3.05) is 12.0 Å². The molecule has 0 fully saturated rings. The van der Waals surface area contributed by atoms with Crippen LogP contribution in [0.15, 0.2) is 36.4 Å². The molecule has 0 unspecified atom stereocenters. The maximum absolute atomic E-state index is 14.0. The molecular weight excluding hydrogens is 343 g/mol. The number of hydrogen-bond acceptors (Lipinski definition) is 5. The van der Waals surface area contributed by atoms with E-state index in [-0.39, 0.29) is 23.9 Å². The topological polar surface area (TPSA) is 81.9 Å². The van der Waals surface area contributed by atoms with Crippen LogP contribution >= 0.6 is 0 Å². The molecule has 8 heteroatoms. The normalized spacial score (nSPS) is 15.2. The second-order valence-corrected chi connectivity index (χ2v) is 6.38. The van der Waals surface area contributed by atoms with Crippen LogP contribution in [0.3, 0.4) is 0 Å². The van der Waals surface area contributed by atoms with Gasteiger partial charge in [0.15, 0.2) is 5.60 Å². The Morgan fingerprint density at radius 2 is 1.92 bits per heavy atom. The average molecular weight is 360 g/mol. The number of rotatable bonds is 4. The van der Waals surface area contributed by atoms with Gasteiger partial charge < -0.3 is 14.4 Å². The molecule has 0 bridgehead atoms. The summed E-state index contributed by atoms with van der Waals surface area (Å²) in [6, 6.07) is 9.04. The Hall–Kier alpha value is -3.16. The smallest absolute Gasteiger partial charge is 0.307 e. The number of anilines is 1. The van der Waals surface area contributed by atoms with Crippen molar-refractivity contribution in [2.45, 2.75) is 26.0 Å². The minimum Gasteiger partial charge on any atom is -0.497 e. The van der Waals surface area contributed by atoms with E-state index < -0.39 is 22.0 Å². The van der Waals surface area contributed by atoms with Crippen LogP contribution in [0.1, 0.15) is 19.4 Å². The van der Waals surface area contributed by atoms with E-state index in [9.17, 15) is 19.3 Å². The van der Waals surface area contributed by atoms with E-state index >= 15 is 0 Å². The van der Waals surface area contributed by atoms with E-state index in [0.717, 1.165) is 17.7 Å². The summed E-state index contributed by atoms with van der Waals surface area (Å²) in [6.45, 7) is 3.29. The van der Waals surface area contributed by atoms with Crippen LogP contribution in [0.25, 0.3) is 0 Å². The zero-order chi connectivity index (χ0) is 19.1. The maximum Gasteiger partial charge on any atom is 0.307 e. The first-order chi connectivity index (χ1) is 12.2. The molecule has 3 rings (SSSR count). The van der Waals surface area contributed by atoms with E-state index in [1.807, 2.05) is 0 Å². The summed E-state index contributed by atoms with van der Waals surface area (Å²) in [6.07, 6.45) is 0. The van der Waals surface area contributed by atoms with Gasteiger partial charge in [0.05, 0.1) is 24.3 Å². The number of hydrogen-bond donors (Lipinski definition) is 0. The summed E-state index contributed by atoms with van der Waals surface area (Å²) in [5, 5.41) is 11.1. The van der Waals surface area contributed by atoms with Crippen LogP contribution in [0.4, 0.5) is 15.8 Å². The van der Waals surface area contributed by atoms with Crippen molar-refractivity contribution in [3.05, 3.63) is 57.9 Å². The number of carbonyl (C=O) groups is 1. The number of nitrogens with zero attached hydrogens (tertiary/aromatic N) is 2. The van der Waals surface area contributed by atoms with E-state index in [4.69, 9.17) is 9.47 Å². The first kappa shape index (κ1) is 17.7. The number of methoxy groups -OCH3 is 1. The predicted molar refractivity (Wildman–Crippen MR) is 91.9 cm³/mol. The molecule has 1 aliphatic rings. The lowest BCUT2D eigenvalue weighted by atomic mass is 10.0. The van der Waals surface area contributed by atoms with Crippen LogP contribution in [0.5, 0.6) is 11.5 Å². The van der Waals surface area contributed by atoms with Crippen LogP contribution in [0, 0.1) is 15.9 Å². The molecule has 1 heterocycles. The van der Waals surface area contributed by atoms with Gasteiger partial charge in [0.25, 0.3) is 5.91 Å². The van der Waals surface area contributed by atoms with Crippen molar-refractivity contribution >= 4 is 17.3 Å². The Bertz CT molecular complexity index is 880. The van der Waals surface area contributed by atoms with Crippen LogP contribution in [0.2, 0.25) is 0 Å². The largest absolute Gasteiger partial charge is 0.497 e. The van der Waals surface area contributed by atoms with Crippen molar-refractivity contribution < 1.29 is 23.6 Å². The second-order valence-electron chi connectivity index (χ2n) is 6.38. The first-order valence-corrected chi connectivity index (χ1v) is 7.85. The van der Waals surface area contributed by atoms with Crippen LogP contribution < -0.4 is 14.4 Å². The van der Waals surface area contributed by atoms with Gasteiger partial charge in [-0.2, -0.15) is 4.39 Å². The summed E-state index contributed by atoms with van der Waals surface area (Å²) < 4.78 is 24.7. The SMILES string of the molecule is COc1ccc(CN2C(=O)C(C)(C)Oc3cc(F)c([N+](=O)[O-])cc32)cc1. The third-order valence-corrected chi connectivity index (χ3v) is 4.14. The Kier molecular flexibility index (Phi) is 4.27. The lowest BCUT2D eigenvalue weighted by molar-refractivity contribution is -0.387. The van der Waals surface area contributed by atoms with Crippen LogP contribution in [-0.4, -0.2) is 23.5 Å². The van der Waals surface area contributed by atoms with E-state index in [0.29, 0.717) is 5.75 Å². The van der Waals surface area contributed by atoms with Crippen LogP contribution in [-0.2, 0) is 11.3 Å². The molecule has 0 radical (unpaired) electrons. The molecule has 0 aliphatic carbocycles. The quantitative estimate of drug-likeness (QED) is 0.616. The predicted octanol–water partition coefficient (Wildman–Crippen LogP) is 3.45. The lowest BCUT2D eigenvalue weighted by Gasteiger charge is -2.38. The van der Waals surface area contributed by atoms with Gasteiger partial charge in [-0.1, -0.05) is 12.1 Å². The maximum atomic E-state index is 14.0. The molecule has 2 aromatic carbocycles. The summed E-state index contributed by atoms with van der Waals surface area (Å²) in [4.78, 5) is 24.4. The van der Waals surface area contributed by atoms with Gasteiger partial charge in [-0.15, -0.1) is 0 Å². The Balaban J connectivity index is 2.06. The highest BCUT2D eigenvalue weighted by molar-refractivity contribution is 6.02. The van der Waals surface area contributed by atoms with Crippen molar-refractivity contribution in [3.8, 4) is 11.5 Å². The fraction of sp³-hybridized carbons (Fsp3) is 0.278. The zero-order valence-electron chi connectivity index (χ0n) is 14.5. The van der Waals surface area contributed by atoms with Crippen molar-refractivity contribution in [3.63, 3.8) is 0 Å². The number of ether oxygens (including phenoxy) is 2. The fourth-order valence-corrected chi connectivity index (χ4v) is 2.79. The standard InChI is InChI=1S/C18H17FN2O5/c1-18(2)17(22)20(10-11-4-6-12(25-3)7-5-11)15-9-14(21(23)24)13(19)8-16(15)26-18/h4-9H,10H2,1-3H3. The van der Waals surface area contributed by atoms with Gasteiger partial charge in [0.2, 0.25) is 5.82 Å². The van der Waals surface area contributed by atoms with Gasteiger partial charge in [0.1, 0.15) is 11.5 Å². The summed E-state index contributed by atoms with van der Waals surface area (Å²) in [7, 11) is 1.55. The number of nitro groups is 1. The number of halogens is 1. The molecule has 2 aromatic rings. The zero-order valence-corrected chi connectivity index (χ0v) is 14.5. The first-order valence-electron chi connectivity index (χ1n) is 7.85. The van der Waals surface area contributed by atoms with Gasteiger partial charge in [0, 0.05) is 12.1 Å². The average Bonchev–Trinajstić information content (AvgIpc) is 2.58. The Labute approximate surface area is 149 Å². The summed E-state index contributed by atoms with van der Waals surface area (Å²) in [5.74, 6) is -0.628. The molecule has 0 saturated carbocycles. The summed E-state index contributed by atoms with van der Waals surface area (Å²) in [5.41, 5.74) is -0.977. The lowest BCUT2D eigenvalue weighted by Crippen LogP contribution is -2.52. The van der Waals surface area contributed by atoms with Gasteiger partial charge in [-0.05, 0) is 31.5 Å². The fourth-order valence-electron chi connectivity index (χ4n) is 2.79. The monoisotopic (exact) mass is 360 g/mol. The number of amides is 1. The third-order valence-electron chi connectivity index (χ3n) is 4.14. The molecule has 0 spiro atoms. The molecule has 1 amide bonds. The number of carbonyl (C=O) groups excluding carboxylic acids is 1. The van der Waals surface area contributed by atoms with Gasteiger partial charge >= 0.3 is 5.69 Å². The molecule has 26 heavy (non-hydrogen) atoms. The van der Waals surface area contributed by atoms with Gasteiger partial charge in [-0.25, -0.2) is 0 Å². The van der Waals surface area contributed by atoms with E-state index in [2.05, 4.69) is 0 Å². The molecule has 0 aromatic heterocycles. The highest BCUT2D eigenvalue weighted by Gasteiger charge is 2.42. The molecule has 136 valence electrons. The minimum atomic E-state index is -1.22. The third kappa shape index (κ3) is 3.05. The van der Waals surface area contributed by atoms with Crippen molar-refractivity contribution in [2.24, 2.45) is 0 Å². The molecular formula is C18H17FN2O5. The van der Waals surface area contributed by atoms with Crippen molar-refractivity contribution in [1.29, 1.82) is 0 Å². The summed E-state index contributed by atoms with van der Waals surface area (Å²) >= 11 is 0. The molecule has 1 aliphatic heterocycles. The Morgan fingerprint density at radius 3 is 2.50 bits per heavy atom. The second kappa shape index (κ2) is 6.29. The molecule has 0 saturated heterocycles. The van der Waals surface area contributed by atoms with E-state index in [1.54, 1.807) is 45.2 Å². The molecule has 0 N–H and O–H groups in total. The Morgan fingerprint density at radius 1 is 1.27 bits per heavy atom. The van der Waals surface area contributed by atoms with E-state index in [1.165, 1.54) is 4.90 Å². The van der Waals surface area contributed by atoms with Crippen molar-refractivity contribution in [1.82, 2.24) is 0 Å². The minimum absolute atomic E-state index is 0.0891. The highest BCUT2D eigenvalue weighted by atomic mass is 19.1.